The first kappa shape index (κ1) is 11.1. The standard InChI is InChI=1S/C12H12N4O/c1-9-12(16-17-15-9)8-14-11-4-2-10(3-5-11)6-7-13/h2-5,14H,6,8H2,1H3. The molecule has 2 rings (SSSR count). The second kappa shape index (κ2) is 5.12. The lowest BCUT2D eigenvalue weighted by molar-refractivity contribution is 0.301. The van der Waals surface area contributed by atoms with Crippen molar-refractivity contribution in [3.63, 3.8) is 0 Å². The van der Waals surface area contributed by atoms with Crippen LogP contribution in [0.2, 0.25) is 0 Å². The largest absolute Gasteiger partial charge is 0.379 e. The van der Waals surface area contributed by atoms with Gasteiger partial charge in [-0.1, -0.05) is 22.4 Å². The van der Waals surface area contributed by atoms with Crippen LogP contribution < -0.4 is 5.32 Å². The molecule has 0 bridgehead atoms. The van der Waals surface area contributed by atoms with E-state index < -0.39 is 0 Å². The zero-order valence-corrected chi connectivity index (χ0v) is 9.47. The van der Waals surface area contributed by atoms with Gasteiger partial charge in [0.2, 0.25) is 0 Å². The van der Waals surface area contributed by atoms with Crippen LogP contribution in [-0.2, 0) is 13.0 Å². The monoisotopic (exact) mass is 228 g/mol. The molecule has 1 aromatic carbocycles. The van der Waals surface area contributed by atoms with Gasteiger partial charge in [0.1, 0.15) is 11.4 Å². The summed E-state index contributed by atoms with van der Waals surface area (Å²) in [5.41, 5.74) is 3.58. The van der Waals surface area contributed by atoms with Crippen molar-refractivity contribution in [3.05, 3.63) is 41.2 Å². The Bertz CT molecular complexity index is 524. The fraction of sp³-hybridized carbons (Fsp3) is 0.250. The third-order valence-electron chi connectivity index (χ3n) is 2.44. The molecule has 86 valence electrons. The van der Waals surface area contributed by atoms with Gasteiger partial charge in [-0.05, 0) is 24.6 Å². The molecule has 5 heteroatoms. The van der Waals surface area contributed by atoms with Crippen molar-refractivity contribution in [2.75, 3.05) is 5.32 Å². The van der Waals surface area contributed by atoms with Gasteiger partial charge in [0.05, 0.1) is 19.0 Å². The minimum absolute atomic E-state index is 0.437. The normalized spacial score (nSPS) is 9.88. The minimum atomic E-state index is 0.437. The average molecular weight is 228 g/mol. The van der Waals surface area contributed by atoms with Gasteiger partial charge in [0.25, 0.3) is 0 Å². The highest BCUT2D eigenvalue weighted by Gasteiger charge is 2.04. The van der Waals surface area contributed by atoms with Crippen molar-refractivity contribution in [2.24, 2.45) is 0 Å². The first-order valence-corrected chi connectivity index (χ1v) is 5.27. The molecule has 0 aliphatic rings. The first-order valence-electron chi connectivity index (χ1n) is 5.27. The molecule has 0 unspecified atom stereocenters. The van der Waals surface area contributed by atoms with Crippen molar-refractivity contribution in [1.29, 1.82) is 5.26 Å². The van der Waals surface area contributed by atoms with E-state index in [0.717, 1.165) is 22.6 Å². The van der Waals surface area contributed by atoms with Gasteiger partial charge in [-0.3, -0.25) is 0 Å². The lowest BCUT2D eigenvalue weighted by Gasteiger charge is -2.04. The number of aryl methyl sites for hydroxylation is 1. The molecule has 1 heterocycles. The van der Waals surface area contributed by atoms with E-state index in [0.29, 0.717) is 13.0 Å². The molecule has 0 fully saturated rings. The van der Waals surface area contributed by atoms with E-state index in [1.807, 2.05) is 31.2 Å². The molecule has 0 saturated carbocycles. The molecule has 0 atom stereocenters. The third kappa shape index (κ3) is 2.82. The fourth-order valence-corrected chi connectivity index (χ4v) is 1.43. The topological polar surface area (TPSA) is 74.7 Å². The minimum Gasteiger partial charge on any atom is -0.379 e. The molecule has 5 nitrogen and oxygen atoms in total. The Morgan fingerprint density at radius 1 is 1.29 bits per heavy atom. The molecule has 1 aromatic heterocycles. The van der Waals surface area contributed by atoms with Crippen LogP contribution in [0.4, 0.5) is 5.69 Å². The number of nitrogens with zero attached hydrogens (tertiary/aromatic N) is 3. The van der Waals surface area contributed by atoms with E-state index in [9.17, 15) is 0 Å². The quantitative estimate of drug-likeness (QED) is 0.866. The molecular formula is C12H12N4O. The zero-order chi connectivity index (χ0) is 12.1. The third-order valence-corrected chi connectivity index (χ3v) is 2.44. The summed E-state index contributed by atoms with van der Waals surface area (Å²) in [6.45, 7) is 2.43. The van der Waals surface area contributed by atoms with Gasteiger partial charge in [0.15, 0.2) is 0 Å². The summed E-state index contributed by atoms with van der Waals surface area (Å²) in [5.74, 6) is 0. The van der Waals surface area contributed by atoms with E-state index in [1.54, 1.807) is 0 Å². The Balaban J connectivity index is 1.96. The number of nitriles is 1. The molecule has 0 radical (unpaired) electrons. The highest BCUT2D eigenvalue weighted by Crippen LogP contribution is 2.11. The Labute approximate surface area is 99.0 Å². The van der Waals surface area contributed by atoms with Crippen LogP contribution in [0.1, 0.15) is 17.0 Å². The van der Waals surface area contributed by atoms with Crippen LogP contribution in [-0.4, -0.2) is 10.3 Å². The summed E-state index contributed by atoms with van der Waals surface area (Å²) >= 11 is 0. The molecule has 1 N–H and O–H groups in total. The molecule has 0 saturated heterocycles. The van der Waals surface area contributed by atoms with Crippen LogP contribution >= 0.6 is 0 Å². The van der Waals surface area contributed by atoms with Crippen LogP contribution in [0.25, 0.3) is 0 Å². The van der Waals surface area contributed by atoms with Crippen LogP contribution in [0, 0.1) is 18.3 Å². The van der Waals surface area contributed by atoms with E-state index in [4.69, 9.17) is 5.26 Å². The zero-order valence-electron chi connectivity index (χ0n) is 9.47. The van der Waals surface area contributed by atoms with Gasteiger partial charge in [0, 0.05) is 5.69 Å². The average Bonchev–Trinajstić information content (AvgIpc) is 2.75. The second-order valence-corrected chi connectivity index (χ2v) is 3.68. The van der Waals surface area contributed by atoms with E-state index in [1.165, 1.54) is 0 Å². The summed E-state index contributed by atoms with van der Waals surface area (Å²) in [5, 5.41) is 19.3. The van der Waals surface area contributed by atoms with Crippen LogP contribution in [0.3, 0.4) is 0 Å². The lowest BCUT2D eigenvalue weighted by Crippen LogP contribution is -2.01. The number of anilines is 1. The van der Waals surface area contributed by atoms with E-state index >= 15 is 0 Å². The van der Waals surface area contributed by atoms with Gasteiger partial charge in [-0.2, -0.15) is 5.26 Å². The van der Waals surface area contributed by atoms with Crippen LogP contribution in [0.15, 0.2) is 28.9 Å². The summed E-state index contributed by atoms with van der Waals surface area (Å²) in [6.07, 6.45) is 0.437. The lowest BCUT2D eigenvalue weighted by atomic mass is 10.1. The summed E-state index contributed by atoms with van der Waals surface area (Å²) in [7, 11) is 0. The predicted octanol–water partition coefficient (Wildman–Crippen LogP) is 2.06. The Kier molecular flexibility index (Phi) is 3.36. The maximum atomic E-state index is 8.56. The van der Waals surface area contributed by atoms with Gasteiger partial charge in [-0.25, -0.2) is 4.63 Å². The highest BCUT2D eigenvalue weighted by molar-refractivity contribution is 5.45. The SMILES string of the molecule is Cc1nonc1CNc1ccc(CC#N)cc1. The number of hydrogen-bond acceptors (Lipinski definition) is 5. The number of benzene rings is 1. The Morgan fingerprint density at radius 2 is 2.06 bits per heavy atom. The van der Waals surface area contributed by atoms with E-state index in [-0.39, 0.29) is 0 Å². The molecule has 0 aliphatic heterocycles. The van der Waals surface area contributed by atoms with E-state index in [2.05, 4.69) is 26.3 Å². The molecule has 0 amide bonds. The summed E-state index contributed by atoms with van der Waals surface area (Å²) < 4.78 is 4.61. The van der Waals surface area contributed by atoms with Gasteiger partial charge in [-0.15, -0.1) is 0 Å². The predicted molar refractivity (Wildman–Crippen MR) is 62.1 cm³/mol. The smallest absolute Gasteiger partial charge is 0.127 e. The Hall–Kier alpha value is -2.35. The van der Waals surface area contributed by atoms with Gasteiger partial charge >= 0.3 is 0 Å². The maximum Gasteiger partial charge on any atom is 0.127 e. The Morgan fingerprint density at radius 3 is 2.65 bits per heavy atom. The first-order chi connectivity index (χ1) is 8.29. The molecule has 17 heavy (non-hydrogen) atoms. The fourth-order valence-electron chi connectivity index (χ4n) is 1.43. The molecule has 2 aromatic rings. The number of nitrogens with one attached hydrogen (secondary N) is 1. The second-order valence-electron chi connectivity index (χ2n) is 3.68. The van der Waals surface area contributed by atoms with Crippen molar-refractivity contribution in [2.45, 2.75) is 19.9 Å². The van der Waals surface area contributed by atoms with Crippen molar-refractivity contribution >= 4 is 5.69 Å². The summed E-state index contributed by atoms with van der Waals surface area (Å²) in [6, 6.07) is 9.85. The van der Waals surface area contributed by atoms with Crippen molar-refractivity contribution in [3.8, 4) is 6.07 Å². The number of hydrogen-bond donors (Lipinski definition) is 1. The highest BCUT2D eigenvalue weighted by atomic mass is 16.6. The molecule has 0 aliphatic carbocycles. The summed E-state index contributed by atoms with van der Waals surface area (Å²) in [4.78, 5) is 0. The van der Waals surface area contributed by atoms with Gasteiger partial charge < -0.3 is 5.32 Å². The number of aromatic nitrogens is 2. The van der Waals surface area contributed by atoms with Crippen LogP contribution in [0.5, 0.6) is 0 Å². The van der Waals surface area contributed by atoms with Crippen molar-refractivity contribution < 1.29 is 4.63 Å². The maximum absolute atomic E-state index is 8.56. The molecular weight excluding hydrogens is 216 g/mol. The number of rotatable bonds is 4. The van der Waals surface area contributed by atoms with Crippen molar-refractivity contribution in [1.82, 2.24) is 10.3 Å². The molecule has 0 spiro atoms.